The number of hydrogen-bond acceptors (Lipinski definition) is 3. The zero-order valence-corrected chi connectivity index (χ0v) is 15.2. The van der Waals surface area contributed by atoms with Gasteiger partial charge in [0.25, 0.3) is 0 Å². The maximum atomic E-state index is 12.3. The predicted octanol–water partition coefficient (Wildman–Crippen LogP) is 2.36. The topological polar surface area (TPSA) is 83.1 Å². The van der Waals surface area contributed by atoms with Gasteiger partial charge in [0.2, 0.25) is 5.91 Å². The lowest BCUT2D eigenvalue weighted by Crippen LogP contribution is -2.61. The summed E-state index contributed by atoms with van der Waals surface area (Å²) in [6, 6.07) is 5.49. The maximum Gasteiger partial charge on any atom is 0.315 e. The largest absolute Gasteiger partial charge is 0.350 e. The van der Waals surface area contributed by atoms with E-state index in [0.29, 0.717) is 13.1 Å². The number of aromatic nitrogens is 1. The fraction of sp³-hybridized carbons (Fsp3) is 0.650. The van der Waals surface area contributed by atoms with Crippen molar-refractivity contribution in [2.45, 2.75) is 57.0 Å². The number of pyridine rings is 1. The molecule has 4 aliphatic carbocycles. The molecule has 1 heterocycles. The van der Waals surface area contributed by atoms with E-state index in [4.69, 9.17) is 0 Å². The zero-order chi connectivity index (χ0) is 18.0. The molecule has 4 saturated carbocycles. The van der Waals surface area contributed by atoms with Crippen LogP contribution in [0.5, 0.6) is 0 Å². The van der Waals surface area contributed by atoms with Gasteiger partial charge in [0.1, 0.15) is 0 Å². The number of rotatable bonds is 6. The fourth-order valence-corrected chi connectivity index (χ4v) is 5.62. The molecule has 0 aromatic carbocycles. The van der Waals surface area contributed by atoms with Crippen molar-refractivity contribution in [1.82, 2.24) is 20.9 Å². The second kappa shape index (κ2) is 7.25. The molecular weight excluding hydrogens is 328 g/mol. The second-order valence-corrected chi connectivity index (χ2v) is 8.43. The van der Waals surface area contributed by atoms with Gasteiger partial charge in [0.05, 0.1) is 12.2 Å². The summed E-state index contributed by atoms with van der Waals surface area (Å²) in [5.41, 5.74) is 0.841. The summed E-state index contributed by atoms with van der Waals surface area (Å²) in [6.07, 6.45) is 9.47. The summed E-state index contributed by atoms with van der Waals surface area (Å²) in [4.78, 5) is 28.4. The molecule has 4 bridgehead atoms. The molecule has 4 aliphatic rings. The maximum absolute atomic E-state index is 12.3. The van der Waals surface area contributed by atoms with Gasteiger partial charge in [-0.3, -0.25) is 9.78 Å². The van der Waals surface area contributed by atoms with Crippen LogP contribution in [-0.4, -0.2) is 29.0 Å². The summed E-state index contributed by atoms with van der Waals surface area (Å²) >= 11 is 0. The average Bonchev–Trinajstić information content (AvgIpc) is 2.59. The molecule has 3 amide bonds. The zero-order valence-electron chi connectivity index (χ0n) is 15.2. The van der Waals surface area contributed by atoms with Gasteiger partial charge in [-0.05, 0) is 68.4 Å². The third kappa shape index (κ3) is 4.00. The Morgan fingerprint density at radius 1 is 1.04 bits per heavy atom. The Morgan fingerprint density at radius 3 is 2.35 bits per heavy atom. The van der Waals surface area contributed by atoms with Gasteiger partial charge in [-0.25, -0.2) is 4.79 Å². The van der Waals surface area contributed by atoms with Crippen LogP contribution >= 0.6 is 0 Å². The van der Waals surface area contributed by atoms with Crippen molar-refractivity contribution in [1.29, 1.82) is 0 Å². The summed E-state index contributed by atoms with van der Waals surface area (Å²) in [5.74, 6) is 2.34. The molecule has 6 nitrogen and oxygen atoms in total. The summed E-state index contributed by atoms with van der Waals surface area (Å²) in [6.45, 7) is 0.769. The smallest absolute Gasteiger partial charge is 0.315 e. The first-order valence-corrected chi connectivity index (χ1v) is 9.83. The monoisotopic (exact) mass is 356 g/mol. The minimum Gasteiger partial charge on any atom is -0.350 e. The number of urea groups is 1. The van der Waals surface area contributed by atoms with Gasteiger partial charge in [0, 0.05) is 24.7 Å². The number of nitrogens with zero attached hydrogens (tertiary/aromatic N) is 1. The lowest BCUT2D eigenvalue weighted by molar-refractivity contribution is -0.121. The normalized spacial score (nSPS) is 31.5. The highest BCUT2D eigenvalue weighted by Crippen LogP contribution is 2.55. The fourth-order valence-electron chi connectivity index (χ4n) is 5.62. The van der Waals surface area contributed by atoms with E-state index in [9.17, 15) is 9.59 Å². The van der Waals surface area contributed by atoms with Gasteiger partial charge in [-0.1, -0.05) is 6.07 Å². The van der Waals surface area contributed by atoms with Crippen LogP contribution in [0.1, 0.15) is 50.6 Å². The van der Waals surface area contributed by atoms with Crippen LogP contribution in [0.15, 0.2) is 24.4 Å². The summed E-state index contributed by atoms with van der Waals surface area (Å²) in [7, 11) is 0. The van der Waals surface area contributed by atoms with Gasteiger partial charge >= 0.3 is 6.03 Å². The quantitative estimate of drug-likeness (QED) is 0.732. The van der Waals surface area contributed by atoms with E-state index in [2.05, 4.69) is 20.9 Å². The van der Waals surface area contributed by atoms with E-state index in [1.807, 2.05) is 18.2 Å². The first-order chi connectivity index (χ1) is 12.6. The molecule has 26 heavy (non-hydrogen) atoms. The van der Waals surface area contributed by atoms with Crippen molar-refractivity contribution < 1.29 is 9.59 Å². The second-order valence-electron chi connectivity index (χ2n) is 8.43. The van der Waals surface area contributed by atoms with Gasteiger partial charge in [0.15, 0.2) is 0 Å². The van der Waals surface area contributed by atoms with Crippen molar-refractivity contribution in [2.24, 2.45) is 17.8 Å². The molecule has 0 unspecified atom stereocenters. The van der Waals surface area contributed by atoms with Crippen LogP contribution in [-0.2, 0) is 11.3 Å². The number of carbonyl (C=O) groups excluding carboxylic acids is 2. The molecule has 140 valence electrons. The van der Waals surface area contributed by atoms with Crippen LogP contribution in [0.2, 0.25) is 0 Å². The van der Waals surface area contributed by atoms with Crippen molar-refractivity contribution in [3.63, 3.8) is 0 Å². The molecule has 1 aromatic rings. The van der Waals surface area contributed by atoms with Crippen molar-refractivity contribution >= 4 is 11.9 Å². The molecule has 0 atom stereocenters. The highest BCUT2D eigenvalue weighted by atomic mass is 16.2. The molecule has 1 aromatic heterocycles. The minimum atomic E-state index is -0.121. The van der Waals surface area contributed by atoms with Crippen molar-refractivity contribution in [3.05, 3.63) is 30.1 Å². The molecule has 0 radical (unpaired) electrons. The summed E-state index contributed by atoms with van der Waals surface area (Å²) < 4.78 is 0. The first-order valence-electron chi connectivity index (χ1n) is 9.83. The van der Waals surface area contributed by atoms with Crippen LogP contribution in [0.4, 0.5) is 4.79 Å². The Hall–Kier alpha value is -2.11. The molecule has 6 heteroatoms. The number of hydrogen-bond donors (Lipinski definition) is 3. The van der Waals surface area contributed by atoms with Gasteiger partial charge in [-0.2, -0.15) is 0 Å². The van der Waals surface area contributed by atoms with Crippen molar-refractivity contribution in [3.8, 4) is 0 Å². The van der Waals surface area contributed by atoms with Crippen molar-refractivity contribution in [2.75, 3.05) is 6.54 Å². The number of nitrogens with one attached hydrogen (secondary N) is 3. The molecule has 0 aliphatic heterocycles. The third-order valence-electron chi connectivity index (χ3n) is 6.25. The Labute approximate surface area is 154 Å². The van der Waals surface area contributed by atoms with Crippen LogP contribution in [0.25, 0.3) is 0 Å². The number of carbonyl (C=O) groups is 2. The lowest BCUT2D eigenvalue weighted by Gasteiger charge is -2.56. The Bertz CT molecular complexity index is 626. The molecule has 0 saturated heterocycles. The standard InChI is InChI=1S/C20H28N4O2/c25-18(23-13-17-3-1-2-5-21-17)4-6-22-19(26)24-20-10-14-7-15(11-20)9-16(8-14)12-20/h1-3,5,14-16H,4,6-13H2,(H,23,25)(H2,22,24,26). The Morgan fingerprint density at radius 2 is 1.73 bits per heavy atom. The van der Waals surface area contributed by atoms with E-state index in [-0.39, 0.29) is 23.9 Å². The van der Waals surface area contributed by atoms with E-state index in [1.54, 1.807) is 6.20 Å². The number of amides is 3. The predicted molar refractivity (Wildman–Crippen MR) is 98.1 cm³/mol. The Balaban J connectivity index is 1.17. The van der Waals surface area contributed by atoms with E-state index in [0.717, 1.165) is 42.7 Å². The highest BCUT2D eigenvalue weighted by molar-refractivity contribution is 5.78. The van der Waals surface area contributed by atoms with E-state index in [1.165, 1.54) is 19.3 Å². The molecule has 0 spiro atoms. The molecule has 5 rings (SSSR count). The first kappa shape index (κ1) is 17.3. The van der Waals surface area contributed by atoms with Gasteiger partial charge in [-0.15, -0.1) is 0 Å². The van der Waals surface area contributed by atoms with Gasteiger partial charge < -0.3 is 16.0 Å². The van der Waals surface area contributed by atoms with E-state index >= 15 is 0 Å². The third-order valence-corrected chi connectivity index (χ3v) is 6.25. The molecule has 4 fully saturated rings. The van der Waals surface area contributed by atoms with E-state index < -0.39 is 0 Å². The molecular formula is C20H28N4O2. The SMILES string of the molecule is O=C(CCNC(=O)NC12CC3CC(CC(C3)C1)C2)NCc1ccccn1. The Kier molecular flexibility index (Phi) is 4.83. The van der Waals surface area contributed by atoms with Crippen LogP contribution < -0.4 is 16.0 Å². The van der Waals surface area contributed by atoms with Crippen LogP contribution in [0.3, 0.4) is 0 Å². The average molecular weight is 356 g/mol. The minimum absolute atomic E-state index is 0.0140. The highest BCUT2D eigenvalue weighted by Gasteiger charge is 2.51. The van der Waals surface area contributed by atoms with Crippen LogP contribution in [0, 0.1) is 17.8 Å². The molecule has 3 N–H and O–H groups in total. The lowest BCUT2D eigenvalue weighted by atomic mass is 9.53. The summed E-state index contributed by atoms with van der Waals surface area (Å²) in [5, 5.41) is 8.95.